The number of allylic oxidation sites excluding steroid dienone is 2. The van der Waals surface area contributed by atoms with Gasteiger partial charge in [0.15, 0.2) is 0 Å². The maximum absolute atomic E-state index is 12.1. The fourth-order valence-corrected chi connectivity index (χ4v) is 2.31. The number of amides is 2. The molecule has 0 spiro atoms. The van der Waals surface area contributed by atoms with E-state index in [-0.39, 0.29) is 5.91 Å². The number of carboxylic acids is 1. The van der Waals surface area contributed by atoms with Crippen molar-refractivity contribution < 1.29 is 24.2 Å². The predicted molar refractivity (Wildman–Crippen MR) is 84.9 cm³/mol. The SMILES string of the molecule is CC(C)(C)OC(=O)NCCCNC(=O)[C@@H]1CC=CC[C@@H]1C(=O)O. The average Bonchev–Trinajstić information content (AvgIpc) is 2.44. The van der Waals surface area contributed by atoms with E-state index in [9.17, 15) is 14.4 Å². The molecule has 0 aliphatic heterocycles. The number of rotatable bonds is 6. The molecule has 3 N–H and O–H groups in total. The lowest BCUT2D eigenvalue weighted by Gasteiger charge is -2.24. The van der Waals surface area contributed by atoms with Gasteiger partial charge in [-0.3, -0.25) is 9.59 Å². The zero-order valence-electron chi connectivity index (χ0n) is 13.9. The number of carbonyl (C=O) groups excluding carboxylic acids is 2. The molecule has 1 aliphatic carbocycles. The second-order valence-electron chi connectivity index (χ2n) is 6.57. The number of hydrogen-bond donors (Lipinski definition) is 3. The normalized spacial score (nSPS) is 20.7. The minimum absolute atomic E-state index is 0.251. The van der Waals surface area contributed by atoms with E-state index in [4.69, 9.17) is 9.84 Å². The summed E-state index contributed by atoms with van der Waals surface area (Å²) in [4.78, 5) is 34.7. The molecule has 0 bridgehead atoms. The van der Waals surface area contributed by atoms with Crippen LogP contribution in [0.25, 0.3) is 0 Å². The van der Waals surface area contributed by atoms with Crippen LogP contribution in [0, 0.1) is 11.8 Å². The van der Waals surface area contributed by atoms with Crippen molar-refractivity contribution in [3.63, 3.8) is 0 Å². The Bertz CT molecular complexity index is 468. The van der Waals surface area contributed by atoms with Crippen LogP contribution in [0.5, 0.6) is 0 Å². The summed E-state index contributed by atoms with van der Waals surface area (Å²) in [5.74, 6) is -2.39. The Kier molecular flexibility index (Phi) is 7.06. The van der Waals surface area contributed by atoms with Gasteiger partial charge in [-0.1, -0.05) is 12.2 Å². The van der Waals surface area contributed by atoms with Crippen molar-refractivity contribution in [2.24, 2.45) is 11.8 Å². The van der Waals surface area contributed by atoms with Gasteiger partial charge in [0.2, 0.25) is 5.91 Å². The van der Waals surface area contributed by atoms with E-state index in [1.807, 2.05) is 6.08 Å². The highest BCUT2D eigenvalue weighted by molar-refractivity contribution is 5.85. The topological polar surface area (TPSA) is 105 Å². The van der Waals surface area contributed by atoms with Crippen molar-refractivity contribution in [3.8, 4) is 0 Å². The van der Waals surface area contributed by atoms with Gasteiger partial charge in [-0.25, -0.2) is 4.79 Å². The molecule has 0 aromatic heterocycles. The minimum Gasteiger partial charge on any atom is -0.481 e. The molecule has 130 valence electrons. The van der Waals surface area contributed by atoms with Gasteiger partial charge in [-0.15, -0.1) is 0 Å². The van der Waals surface area contributed by atoms with Gasteiger partial charge in [0, 0.05) is 13.1 Å². The first-order valence-corrected chi connectivity index (χ1v) is 7.83. The molecule has 0 aromatic rings. The number of hydrogen-bond acceptors (Lipinski definition) is 4. The van der Waals surface area contributed by atoms with Crippen LogP contribution < -0.4 is 10.6 Å². The highest BCUT2D eigenvalue weighted by Gasteiger charge is 2.33. The zero-order valence-corrected chi connectivity index (χ0v) is 13.9. The lowest BCUT2D eigenvalue weighted by Crippen LogP contribution is -2.40. The van der Waals surface area contributed by atoms with Crippen LogP contribution in [0.15, 0.2) is 12.2 Å². The minimum atomic E-state index is -0.943. The van der Waals surface area contributed by atoms with Crippen LogP contribution in [0.2, 0.25) is 0 Å². The van der Waals surface area contributed by atoms with E-state index >= 15 is 0 Å². The molecule has 7 nitrogen and oxygen atoms in total. The first-order valence-electron chi connectivity index (χ1n) is 7.83. The Morgan fingerprint density at radius 1 is 1.09 bits per heavy atom. The molecule has 0 radical (unpaired) electrons. The highest BCUT2D eigenvalue weighted by Crippen LogP contribution is 2.25. The van der Waals surface area contributed by atoms with Crippen LogP contribution in [-0.2, 0) is 14.3 Å². The van der Waals surface area contributed by atoms with Crippen molar-refractivity contribution >= 4 is 18.0 Å². The predicted octanol–water partition coefficient (Wildman–Crippen LogP) is 1.68. The summed E-state index contributed by atoms with van der Waals surface area (Å²) < 4.78 is 5.09. The first kappa shape index (κ1) is 19.0. The molecular weight excluding hydrogens is 300 g/mol. The van der Waals surface area contributed by atoms with Gasteiger partial charge in [-0.2, -0.15) is 0 Å². The van der Waals surface area contributed by atoms with Crippen molar-refractivity contribution in [2.45, 2.75) is 45.6 Å². The van der Waals surface area contributed by atoms with E-state index in [0.717, 1.165) is 0 Å². The van der Waals surface area contributed by atoms with Crippen LogP contribution in [-0.4, -0.2) is 41.8 Å². The van der Waals surface area contributed by atoms with E-state index in [1.54, 1.807) is 26.8 Å². The summed E-state index contributed by atoms with van der Waals surface area (Å²) in [5, 5.41) is 14.5. The Morgan fingerprint density at radius 3 is 2.22 bits per heavy atom. The first-order chi connectivity index (χ1) is 10.7. The Balaban J connectivity index is 2.25. The molecule has 1 rings (SSSR count). The molecule has 0 aromatic carbocycles. The van der Waals surface area contributed by atoms with Crippen LogP contribution in [0.4, 0.5) is 4.79 Å². The van der Waals surface area contributed by atoms with Gasteiger partial charge in [0.25, 0.3) is 0 Å². The molecule has 7 heteroatoms. The Labute approximate surface area is 136 Å². The Hall–Kier alpha value is -2.05. The average molecular weight is 326 g/mol. The molecule has 1 aliphatic rings. The van der Waals surface area contributed by atoms with Gasteiger partial charge < -0.3 is 20.5 Å². The molecule has 0 fully saturated rings. The molecule has 0 saturated carbocycles. The lowest BCUT2D eigenvalue weighted by molar-refractivity contribution is -0.147. The smallest absolute Gasteiger partial charge is 0.407 e. The maximum atomic E-state index is 12.1. The van der Waals surface area contributed by atoms with Crippen LogP contribution in [0.3, 0.4) is 0 Å². The second kappa shape index (κ2) is 8.55. The largest absolute Gasteiger partial charge is 0.481 e. The Morgan fingerprint density at radius 2 is 1.65 bits per heavy atom. The van der Waals surface area contributed by atoms with E-state index in [2.05, 4.69) is 10.6 Å². The number of nitrogens with one attached hydrogen (secondary N) is 2. The summed E-state index contributed by atoms with van der Waals surface area (Å²) in [5.41, 5.74) is -0.543. The molecular formula is C16H26N2O5. The number of ether oxygens (including phenoxy) is 1. The summed E-state index contributed by atoms with van der Waals surface area (Å²) in [6, 6.07) is 0. The molecule has 23 heavy (non-hydrogen) atoms. The summed E-state index contributed by atoms with van der Waals surface area (Å²) in [7, 11) is 0. The zero-order chi connectivity index (χ0) is 17.5. The molecule has 2 amide bonds. The number of carboxylic acid groups (broad SMARTS) is 1. The third-order valence-electron chi connectivity index (χ3n) is 3.41. The van der Waals surface area contributed by atoms with Gasteiger partial charge in [0.05, 0.1) is 11.8 Å². The number of aliphatic carboxylic acids is 1. The van der Waals surface area contributed by atoms with Crippen molar-refractivity contribution in [1.29, 1.82) is 0 Å². The molecule has 0 heterocycles. The van der Waals surface area contributed by atoms with Gasteiger partial charge >= 0.3 is 12.1 Å². The third kappa shape index (κ3) is 7.17. The standard InChI is InChI=1S/C16H26N2O5/c1-16(2,3)23-15(22)18-10-6-9-17-13(19)11-7-4-5-8-12(11)14(20)21/h4-5,11-12H,6-10H2,1-3H3,(H,17,19)(H,18,22)(H,20,21)/t11-,12+/m1/s1. The van der Waals surface area contributed by atoms with Crippen LogP contribution >= 0.6 is 0 Å². The van der Waals surface area contributed by atoms with E-state index in [0.29, 0.717) is 32.4 Å². The van der Waals surface area contributed by atoms with E-state index in [1.165, 1.54) is 0 Å². The van der Waals surface area contributed by atoms with Crippen molar-refractivity contribution in [1.82, 2.24) is 10.6 Å². The monoisotopic (exact) mass is 326 g/mol. The van der Waals surface area contributed by atoms with Crippen molar-refractivity contribution in [2.75, 3.05) is 13.1 Å². The van der Waals surface area contributed by atoms with Crippen molar-refractivity contribution in [3.05, 3.63) is 12.2 Å². The second-order valence-corrected chi connectivity index (χ2v) is 6.57. The maximum Gasteiger partial charge on any atom is 0.407 e. The molecule has 0 saturated heterocycles. The fourth-order valence-electron chi connectivity index (χ4n) is 2.31. The molecule has 0 unspecified atom stereocenters. The fraction of sp³-hybridized carbons (Fsp3) is 0.688. The number of alkyl carbamates (subject to hydrolysis) is 1. The summed E-state index contributed by atoms with van der Waals surface area (Å²) in [6.45, 7) is 6.10. The highest BCUT2D eigenvalue weighted by atomic mass is 16.6. The van der Waals surface area contributed by atoms with Gasteiger partial charge in [0.1, 0.15) is 5.60 Å². The van der Waals surface area contributed by atoms with E-state index < -0.39 is 29.5 Å². The number of carbonyl (C=O) groups is 3. The summed E-state index contributed by atoms with van der Waals surface area (Å²) in [6.07, 6.45) is 4.52. The molecule has 2 atom stereocenters. The third-order valence-corrected chi connectivity index (χ3v) is 3.41. The van der Waals surface area contributed by atoms with Crippen LogP contribution in [0.1, 0.15) is 40.0 Å². The summed E-state index contributed by atoms with van der Waals surface area (Å²) >= 11 is 0. The van der Waals surface area contributed by atoms with Gasteiger partial charge in [-0.05, 0) is 40.0 Å². The lowest BCUT2D eigenvalue weighted by atomic mass is 9.82. The quantitative estimate of drug-likeness (QED) is 0.509.